The van der Waals surface area contributed by atoms with Crippen LogP contribution in [0.3, 0.4) is 0 Å². The van der Waals surface area contributed by atoms with Crippen LogP contribution in [0.5, 0.6) is 5.75 Å². The number of nitrogens with one attached hydrogen (secondary N) is 1. The fourth-order valence-corrected chi connectivity index (χ4v) is 1.47. The molecule has 1 heterocycles. The number of nitrogens with two attached hydrogens (primary N) is 1. The summed E-state index contributed by atoms with van der Waals surface area (Å²) in [5.41, 5.74) is 6.76. The lowest BCUT2D eigenvalue weighted by Crippen LogP contribution is -2.23. The minimum Gasteiger partial charge on any atom is -0.455 e. The number of hydrogen-bond donors (Lipinski definition) is 2. The summed E-state index contributed by atoms with van der Waals surface area (Å²) in [6, 6.07) is 7.76. The van der Waals surface area contributed by atoms with Crippen molar-refractivity contribution in [3.8, 4) is 5.75 Å². The van der Waals surface area contributed by atoms with Gasteiger partial charge in [0.1, 0.15) is 11.6 Å². The number of fused-ring (bicyclic) bond motifs is 1. The first kappa shape index (κ1) is 8.94. The standard InChI is InChI=1S/C11H14N2O/c1-7(2)10-11(12)13-8-5-3-4-6-9(8)14-10/h3-7,13H,12H2,1-2H3. The van der Waals surface area contributed by atoms with Crippen molar-refractivity contribution in [2.24, 2.45) is 11.7 Å². The van der Waals surface area contributed by atoms with Crippen LogP contribution in [0.2, 0.25) is 0 Å². The van der Waals surface area contributed by atoms with Gasteiger partial charge in [0.05, 0.1) is 5.69 Å². The van der Waals surface area contributed by atoms with Crippen LogP contribution in [0.15, 0.2) is 35.8 Å². The van der Waals surface area contributed by atoms with E-state index in [1.54, 1.807) is 0 Å². The zero-order chi connectivity index (χ0) is 10.1. The SMILES string of the molecule is CC(C)C1=C(N)Nc2ccccc2O1. The molecule has 14 heavy (non-hydrogen) atoms. The highest BCUT2D eigenvalue weighted by atomic mass is 16.5. The van der Waals surface area contributed by atoms with E-state index < -0.39 is 0 Å². The van der Waals surface area contributed by atoms with Gasteiger partial charge in [-0.05, 0) is 12.1 Å². The highest BCUT2D eigenvalue weighted by Crippen LogP contribution is 2.32. The molecule has 0 bridgehead atoms. The zero-order valence-electron chi connectivity index (χ0n) is 8.37. The Bertz CT molecular complexity index is 383. The minimum atomic E-state index is 0.288. The number of ether oxygens (including phenoxy) is 1. The van der Waals surface area contributed by atoms with E-state index in [2.05, 4.69) is 19.2 Å². The predicted octanol–water partition coefficient (Wildman–Crippen LogP) is 2.27. The summed E-state index contributed by atoms with van der Waals surface area (Å²) in [5.74, 6) is 2.55. The molecule has 0 unspecified atom stereocenters. The summed E-state index contributed by atoms with van der Waals surface area (Å²) in [5, 5.41) is 3.12. The van der Waals surface area contributed by atoms with Gasteiger partial charge in [-0.25, -0.2) is 0 Å². The molecule has 0 radical (unpaired) electrons. The average molecular weight is 190 g/mol. The second-order valence-electron chi connectivity index (χ2n) is 3.66. The molecule has 0 spiro atoms. The molecule has 2 rings (SSSR count). The molecule has 0 saturated carbocycles. The Hall–Kier alpha value is -1.64. The Morgan fingerprint density at radius 3 is 2.71 bits per heavy atom. The molecular formula is C11H14N2O. The maximum atomic E-state index is 5.84. The van der Waals surface area contributed by atoms with Crippen LogP contribution in [0, 0.1) is 5.92 Å². The Labute approximate surface area is 83.6 Å². The van der Waals surface area contributed by atoms with Crippen molar-refractivity contribution in [2.45, 2.75) is 13.8 Å². The minimum absolute atomic E-state index is 0.288. The van der Waals surface area contributed by atoms with Crippen molar-refractivity contribution in [3.05, 3.63) is 35.8 Å². The molecule has 74 valence electrons. The number of rotatable bonds is 1. The molecule has 1 aliphatic heterocycles. The van der Waals surface area contributed by atoms with Crippen LogP contribution in [-0.2, 0) is 0 Å². The van der Waals surface area contributed by atoms with Gasteiger partial charge in [-0.2, -0.15) is 0 Å². The third kappa shape index (κ3) is 1.41. The highest BCUT2D eigenvalue weighted by molar-refractivity contribution is 5.62. The normalized spacial score (nSPS) is 14.8. The van der Waals surface area contributed by atoms with E-state index in [-0.39, 0.29) is 5.92 Å². The van der Waals surface area contributed by atoms with E-state index in [0.717, 1.165) is 17.2 Å². The fourth-order valence-electron chi connectivity index (χ4n) is 1.47. The quantitative estimate of drug-likeness (QED) is 0.714. The molecule has 1 aliphatic rings. The lowest BCUT2D eigenvalue weighted by atomic mass is 10.1. The van der Waals surface area contributed by atoms with E-state index in [4.69, 9.17) is 10.5 Å². The number of allylic oxidation sites excluding steroid dienone is 1. The van der Waals surface area contributed by atoms with Gasteiger partial charge in [0.15, 0.2) is 5.75 Å². The number of para-hydroxylation sites is 2. The van der Waals surface area contributed by atoms with Crippen LogP contribution < -0.4 is 15.8 Å². The Morgan fingerprint density at radius 2 is 2.00 bits per heavy atom. The van der Waals surface area contributed by atoms with Crippen molar-refractivity contribution in [2.75, 3.05) is 5.32 Å². The van der Waals surface area contributed by atoms with Gasteiger partial charge in [0.2, 0.25) is 0 Å². The highest BCUT2D eigenvalue weighted by Gasteiger charge is 2.18. The zero-order valence-corrected chi connectivity index (χ0v) is 8.37. The lowest BCUT2D eigenvalue weighted by molar-refractivity contribution is 0.357. The molecule has 0 fully saturated rings. The largest absolute Gasteiger partial charge is 0.455 e. The fraction of sp³-hybridized carbons (Fsp3) is 0.273. The van der Waals surface area contributed by atoms with E-state index in [1.165, 1.54) is 0 Å². The third-order valence-electron chi connectivity index (χ3n) is 2.17. The number of anilines is 1. The maximum Gasteiger partial charge on any atom is 0.150 e. The Balaban J connectivity index is 2.37. The van der Waals surface area contributed by atoms with Crippen molar-refractivity contribution in [1.29, 1.82) is 0 Å². The van der Waals surface area contributed by atoms with Gasteiger partial charge in [0.25, 0.3) is 0 Å². The molecule has 1 aromatic carbocycles. The monoisotopic (exact) mass is 190 g/mol. The first-order valence-electron chi connectivity index (χ1n) is 4.72. The first-order chi connectivity index (χ1) is 6.68. The van der Waals surface area contributed by atoms with Crippen molar-refractivity contribution >= 4 is 5.69 Å². The predicted molar refractivity (Wildman–Crippen MR) is 56.7 cm³/mol. The van der Waals surface area contributed by atoms with Gasteiger partial charge < -0.3 is 15.8 Å². The van der Waals surface area contributed by atoms with Crippen LogP contribution in [-0.4, -0.2) is 0 Å². The molecule has 1 aromatic rings. The van der Waals surface area contributed by atoms with Crippen LogP contribution in [0.4, 0.5) is 5.69 Å². The van der Waals surface area contributed by atoms with Crippen LogP contribution >= 0.6 is 0 Å². The van der Waals surface area contributed by atoms with Gasteiger partial charge >= 0.3 is 0 Å². The molecule has 0 amide bonds. The van der Waals surface area contributed by atoms with E-state index in [9.17, 15) is 0 Å². The molecular weight excluding hydrogens is 176 g/mol. The van der Waals surface area contributed by atoms with Crippen molar-refractivity contribution in [1.82, 2.24) is 0 Å². The molecule has 0 saturated heterocycles. The summed E-state index contributed by atoms with van der Waals surface area (Å²) in [4.78, 5) is 0. The molecule has 3 N–H and O–H groups in total. The second-order valence-corrected chi connectivity index (χ2v) is 3.66. The van der Waals surface area contributed by atoms with Crippen molar-refractivity contribution in [3.63, 3.8) is 0 Å². The Morgan fingerprint density at radius 1 is 1.29 bits per heavy atom. The molecule has 0 aromatic heterocycles. The first-order valence-corrected chi connectivity index (χ1v) is 4.72. The summed E-state index contributed by atoms with van der Waals surface area (Å²) < 4.78 is 5.70. The van der Waals surface area contributed by atoms with Crippen molar-refractivity contribution < 1.29 is 4.74 Å². The smallest absolute Gasteiger partial charge is 0.150 e. The van der Waals surface area contributed by atoms with E-state index in [0.29, 0.717) is 5.82 Å². The summed E-state index contributed by atoms with van der Waals surface area (Å²) in [6.07, 6.45) is 0. The molecule has 0 aliphatic carbocycles. The maximum absolute atomic E-state index is 5.84. The summed E-state index contributed by atoms with van der Waals surface area (Å²) >= 11 is 0. The van der Waals surface area contributed by atoms with Gasteiger partial charge in [-0.15, -0.1) is 0 Å². The van der Waals surface area contributed by atoms with Crippen LogP contribution in [0.25, 0.3) is 0 Å². The summed E-state index contributed by atoms with van der Waals surface area (Å²) in [7, 11) is 0. The second kappa shape index (κ2) is 3.25. The van der Waals surface area contributed by atoms with E-state index in [1.807, 2.05) is 24.3 Å². The molecule has 3 nitrogen and oxygen atoms in total. The summed E-state index contributed by atoms with van der Waals surface area (Å²) in [6.45, 7) is 4.11. The molecule has 0 atom stereocenters. The topological polar surface area (TPSA) is 47.3 Å². The number of hydrogen-bond acceptors (Lipinski definition) is 3. The van der Waals surface area contributed by atoms with Gasteiger partial charge in [-0.3, -0.25) is 0 Å². The van der Waals surface area contributed by atoms with Gasteiger partial charge in [0, 0.05) is 5.92 Å². The lowest BCUT2D eigenvalue weighted by Gasteiger charge is -2.24. The molecule has 3 heteroatoms. The van der Waals surface area contributed by atoms with Gasteiger partial charge in [-0.1, -0.05) is 26.0 Å². The Kier molecular flexibility index (Phi) is 2.08. The van der Waals surface area contributed by atoms with Crippen LogP contribution in [0.1, 0.15) is 13.8 Å². The average Bonchev–Trinajstić information content (AvgIpc) is 2.16. The van der Waals surface area contributed by atoms with E-state index >= 15 is 0 Å². The third-order valence-corrected chi connectivity index (χ3v) is 2.17. The number of benzene rings is 1.